The summed E-state index contributed by atoms with van der Waals surface area (Å²) >= 11 is 1.76. The minimum absolute atomic E-state index is 0.569. The van der Waals surface area contributed by atoms with Crippen molar-refractivity contribution in [3.05, 3.63) is 18.6 Å². The van der Waals surface area contributed by atoms with Gasteiger partial charge in [-0.25, -0.2) is 9.97 Å². The maximum absolute atomic E-state index is 4.14. The maximum atomic E-state index is 4.14. The minimum Gasteiger partial charge on any atom is -0.316 e. The standard InChI is InChI=1S/C9H15N3S/c1-3-8(10-2)6-13-9-4-5-11-7-12-9/h4-5,7-8,10H,3,6H2,1-2H3. The van der Waals surface area contributed by atoms with Gasteiger partial charge in [-0.2, -0.15) is 0 Å². The van der Waals surface area contributed by atoms with Crippen LogP contribution in [0.4, 0.5) is 0 Å². The maximum Gasteiger partial charge on any atom is 0.116 e. The van der Waals surface area contributed by atoms with Gasteiger partial charge in [-0.05, 0) is 19.5 Å². The van der Waals surface area contributed by atoms with Crippen LogP contribution in [0.5, 0.6) is 0 Å². The largest absolute Gasteiger partial charge is 0.316 e. The molecule has 0 fully saturated rings. The van der Waals surface area contributed by atoms with Crippen LogP contribution in [0.3, 0.4) is 0 Å². The lowest BCUT2D eigenvalue weighted by atomic mass is 10.3. The summed E-state index contributed by atoms with van der Waals surface area (Å²) in [5, 5.41) is 4.30. The highest BCUT2D eigenvalue weighted by atomic mass is 32.2. The first-order valence-electron chi connectivity index (χ1n) is 4.43. The Bertz CT molecular complexity index is 224. The Labute approximate surface area is 83.4 Å². The van der Waals surface area contributed by atoms with Crippen LogP contribution in [0.25, 0.3) is 0 Å². The van der Waals surface area contributed by atoms with E-state index in [2.05, 4.69) is 22.2 Å². The molecular formula is C9H15N3S. The van der Waals surface area contributed by atoms with Gasteiger partial charge < -0.3 is 5.32 Å². The van der Waals surface area contributed by atoms with E-state index < -0.39 is 0 Å². The zero-order chi connectivity index (χ0) is 9.52. The van der Waals surface area contributed by atoms with Gasteiger partial charge in [0.2, 0.25) is 0 Å². The highest BCUT2D eigenvalue weighted by molar-refractivity contribution is 7.99. The van der Waals surface area contributed by atoms with Crippen molar-refractivity contribution >= 4 is 11.8 Å². The number of hydrogen-bond donors (Lipinski definition) is 1. The van der Waals surface area contributed by atoms with E-state index in [1.54, 1.807) is 24.3 Å². The first-order valence-corrected chi connectivity index (χ1v) is 5.41. The molecule has 1 rings (SSSR count). The van der Waals surface area contributed by atoms with Gasteiger partial charge in [0.1, 0.15) is 6.33 Å². The molecule has 0 aliphatic rings. The Hall–Kier alpha value is -0.610. The molecule has 0 saturated carbocycles. The third-order valence-corrected chi connectivity index (χ3v) is 2.99. The fraction of sp³-hybridized carbons (Fsp3) is 0.556. The van der Waals surface area contributed by atoms with E-state index in [1.807, 2.05) is 13.1 Å². The second-order valence-electron chi connectivity index (χ2n) is 2.75. The molecule has 4 heteroatoms. The number of nitrogens with one attached hydrogen (secondary N) is 1. The third kappa shape index (κ3) is 3.74. The molecule has 13 heavy (non-hydrogen) atoms. The van der Waals surface area contributed by atoms with Crippen molar-refractivity contribution in [1.29, 1.82) is 0 Å². The third-order valence-electron chi connectivity index (χ3n) is 1.89. The van der Waals surface area contributed by atoms with Gasteiger partial charge in [-0.1, -0.05) is 6.92 Å². The molecule has 0 spiro atoms. The Morgan fingerprint density at radius 3 is 3.00 bits per heavy atom. The molecule has 1 N–H and O–H groups in total. The topological polar surface area (TPSA) is 37.8 Å². The second-order valence-corrected chi connectivity index (χ2v) is 3.79. The van der Waals surface area contributed by atoms with Gasteiger partial charge in [-0.3, -0.25) is 0 Å². The Balaban J connectivity index is 2.34. The van der Waals surface area contributed by atoms with E-state index in [1.165, 1.54) is 0 Å². The predicted molar refractivity (Wildman–Crippen MR) is 55.9 cm³/mol. The summed E-state index contributed by atoms with van der Waals surface area (Å²) in [7, 11) is 1.99. The van der Waals surface area contributed by atoms with Crippen LogP contribution in [-0.4, -0.2) is 28.8 Å². The molecule has 0 bridgehead atoms. The SMILES string of the molecule is CCC(CSc1ccncn1)NC. The van der Waals surface area contributed by atoms with Crippen molar-refractivity contribution in [1.82, 2.24) is 15.3 Å². The monoisotopic (exact) mass is 197 g/mol. The molecule has 0 radical (unpaired) electrons. The van der Waals surface area contributed by atoms with Gasteiger partial charge in [0.15, 0.2) is 0 Å². The van der Waals surface area contributed by atoms with E-state index in [0.717, 1.165) is 17.2 Å². The number of aromatic nitrogens is 2. The zero-order valence-corrected chi connectivity index (χ0v) is 8.84. The summed E-state index contributed by atoms with van der Waals surface area (Å²) in [5.74, 6) is 1.06. The predicted octanol–water partition coefficient (Wildman–Crippen LogP) is 1.57. The summed E-state index contributed by atoms with van der Waals surface area (Å²) in [6.07, 6.45) is 4.51. The summed E-state index contributed by atoms with van der Waals surface area (Å²) in [6.45, 7) is 2.18. The summed E-state index contributed by atoms with van der Waals surface area (Å²) < 4.78 is 0. The smallest absolute Gasteiger partial charge is 0.116 e. The number of nitrogens with zero attached hydrogens (tertiary/aromatic N) is 2. The van der Waals surface area contributed by atoms with Crippen LogP contribution < -0.4 is 5.32 Å². The van der Waals surface area contributed by atoms with E-state index >= 15 is 0 Å². The van der Waals surface area contributed by atoms with Crippen molar-refractivity contribution in [2.45, 2.75) is 24.4 Å². The Morgan fingerprint density at radius 2 is 2.46 bits per heavy atom. The Morgan fingerprint density at radius 1 is 1.62 bits per heavy atom. The lowest BCUT2D eigenvalue weighted by Gasteiger charge is -2.11. The average Bonchev–Trinajstić information content (AvgIpc) is 2.21. The molecule has 1 aromatic rings. The lowest BCUT2D eigenvalue weighted by molar-refractivity contribution is 0.601. The van der Waals surface area contributed by atoms with Gasteiger partial charge in [0.25, 0.3) is 0 Å². The van der Waals surface area contributed by atoms with E-state index in [4.69, 9.17) is 0 Å². The minimum atomic E-state index is 0.569. The van der Waals surface area contributed by atoms with Gasteiger partial charge >= 0.3 is 0 Å². The Kier molecular flexibility index (Phi) is 4.78. The molecule has 1 aromatic heterocycles. The van der Waals surface area contributed by atoms with Gasteiger partial charge in [0.05, 0.1) is 5.03 Å². The highest BCUT2D eigenvalue weighted by Crippen LogP contribution is 2.15. The molecule has 1 unspecified atom stereocenters. The molecule has 72 valence electrons. The second kappa shape index (κ2) is 5.94. The molecule has 0 saturated heterocycles. The van der Waals surface area contributed by atoms with Crippen molar-refractivity contribution in [3.8, 4) is 0 Å². The van der Waals surface area contributed by atoms with E-state index in [0.29, 0.717) is 6.04 Å². The average molecular weight is 197 g/mol. The highest BCUT2D eigenvalue weighted by Gasteiger charge is 2.03. The fourth-order valence-corrected chi connectivity index (χ4v) is 2.01. The normalized spacial score (nSPS) is 12.8. The zero-order valence-electron chi connectivity index (χ0n) is 8.03. The van der Waals surface area contributed by atoms with Crippen LogP contribution in [0, 0.1) is 0 Å². The lowest BCUT2D eigenvalue weighted by Crippen LogP contribution is -2.26. The number of rotatable bonds is 5. The summed E-state index contributed by atoms with van der Waals surface area (Å²) in [5.41, 5.74) is 0. The molecular weight excluding hydrogens is 182 g/mol. The molecule has 0 aromatic carbocycles. The molecule has 1 heterocycles. The van der Waals surface area contributed by atoms with Crippen LogP contribution >= 0.6 is 11.8 Å². The molecule has 3 nitrogen and oxygen atoms in total. The van der Waals surface area contributed by atoms with Crippen LogP contribution in [0.15, 0.2) is 23.6 Å². The molecule has 0 amide bonds. The van der Waals surface area contributed by atoms with Crippen LogP contribution in [-0.2, 0) is 0 Å². The van der Waals surface area contributed by atoms with Crippen molar-refractivity contribution < 1.29 is 0 Å². The quantitative estimate of drug-likeness (QED) is 0.574. The van der Waals surface area contributed by atoms with E-state index in [-0.39, 0.29) is 0 Å². The summed E-state index contributed by atoms with van der Waals surface area (Å²) in [6, 6.07) is 2.51. The number of thioether (sulfide) groups is 1. The molecule has 0 aliphatic heterocycles. The van der Waals surface area contributed by atoms with E-state index in [9.17, 15) is 0 Å². The number of hydrogen-bond acceptors (Lipinski definition) is 4. The first-order chi connectivity index (χ1) is 6.36. The molecule has 0 aliphatic carbocycles. The van der Waals surface area contributed by atoms with Crippen molar-refractivity contribution in [2.75, 3.05) is 12.8 Å². The molecule has 1 atom stereocenters. The first kappa shape index (κ1) is 10.5. The van der Waals surface area contributed by atoms with Gasteiger partial charge in [0, 0.05) is 18.0 Å². The fourth-order valence-electron chi connectivity index (χ4n) is 0.955. The van der Waals surface area contributed by atoms with Crippen LogP contribution in [0.2, 0.25) is 0 Å². The van der Waals surface area contributed by atoms with Crippen molar-refractivity contribution in [3.63, 3.8) is 0 Å². The van der Waals surface area contributed by atoms with Crippen LogP contribution in [0.1, 0.15) is 13.3 Å². The van der Waals surface area contributed by atoms with Gasteiger partial charge in [-0.15, -0.1) is 11.8 Å². The van der Waals surface area contributed by atoms with Crippen molar-refractivity contribution in [2.24, 2.45) is 0 Å². The summed E-state index contributed by atoms with van der Waals surface area (Å²) in [4.78, 5) is 8.02.